The lowest BCUT2D eigenvalue weighted by Crippen LogP contribution is -2.15. The van der Waals surface area contributed by atoms with Crippen molar-refractivity contribution in [1.82, 2.24) is 15.1 Å². The Hall–Kier alpha value is -3.16. The van der Waals surface area contributed by atoms with E-state index in [4.69, 9.17) is 4.52 Å². The maximum atomic E-state index is 13.4. The molecule has 2 heterocycles. The third kappa shape index (κ3) is 3.99. The van der Waals surface area contributed by atoms with Gasteiger partial charge in [-0.2, -0.15) is 4.98 Å². The molecule has 1 N–H and O–H groups in total. The zero-order chi connectivity index (χ0) is 19.6. The molecule has 3 rings (SSSR count). The summed E-state index contributed by atoms with van der Waals surface area (Å²) in [7, 11) is 0. The fraction of sp³-hybridized carbons (Fsp3) is 0.263. The maximum absolute atomic E-state index is 13.4. The van der Waals surface area contributed by atoms with Crippen LogP contribution in [0.25, 0.3) is 11.4 Å². The number of aromatic nitrogens is 3. The fourth-order valence-corrected chi connectivity index (χ4v) is 2.70. The molecule has 1 aromatic carbocycles. The summed E-state index contributed by atoms with van der Waals surface area (Å²) < 4.78 is 31.7. The van der Waals surface area contributed by atoms with Crippen LogP contribution in [0, 0.1) is 25.5 Å². The van der Waals surface area contributed by atoms with Crippen LogP contribution in [0.1, 0.15) is 40.9 Å². The van der Waals surface area contributed by atoms with E-state index in [2.05, 4.69) is 20.4 Å². The lowest BCUT2D eigenvalue weighted by molar-refractivity contribution is 0.102. The van der Waals surface area contributed by atoms with Gasteiger partial charge in [0.25, 0.3) is 5.91 Å². The zero-order valence-corrected chi connectivity index (χ0v) is 15.1. The predicted molar refractivity (Wildman–Crippen MR) is 95.3 cm³/mol. The van der Waals surface area contributed by atoms with Crippen molar-refractivity contribution in [3.05, 3.63) is 58.6 Å². The molecule has 1 amide bonds. The number of carbonyl (C=O) groups is 1. The quantitative estimate of drug-likeness (QED) is 0.725. The van der Waals surface area contributed by atoms with Gasteiger partial charge in [0.1, 0.15) is 5.82 Å². The summed E-state index contributed by atoms with van der Waals surface area (Å²) in [4.78, 5) is 21.2. The molecule has 0 fully saturated rings. The summed E-state index contributed by atoms with van der Waals surface area (Å²) in [6.45, 7) is 5.62. The van der Waals surface area contributed by atoms with E-state index in [1.807, 2.05) is 19.9 Å². The first kappa shape index (κ1) is 18.6. The summed E-state index contributed by atoms with van der Waals surface area (Å²) >= 11 is 0. The van der Waals surface area contributed by atoms with Crippen LogP contribution in [0.5, 0.6) is 0 Å². The average Bonchev–Trinajstić information content (AvgIpc) is 3.05. The van der Waals surface area contributed by atoms with Crippen LogP contribution in [0.15, 0.2) is 28.8 Å². The number of aryl methyl sites for hydroxylation is 3. The minimum Gasteiger partial charge on any atom is -0.339 e. The molecule has 27 heavy (non-hydrogen) atoms. The Morgan fingerprint density at radius 3 is 2.63 bits per heavy atom. The predicted octanol–water partition coefficient (Wildman–Crippen LogP) is 4.23. The molecular weight excluding hydrogens is 354 g/mol. The largest absolute Gasteiger partial charge is 0.339 e. The van der Waals surface area contributed by atoms with E-state index in [0.717, 1.165) is 24.1 Å². The zero-order valence-electron chi connectivity index (χ0n) is 15.1. The van der Waals surface area contributed by atoms with Gasteiger partial charge in [-0.25, -0.2) is 13.8 Å². The molecule has 8 heteroatoms. The van der Waals surface area contributed by atoms with Gasteiger partial charge in [-0.1, -0.05) is 12.1 Å². The van der Waals surface area contributed by atoms with Gasteiger partial charge < -0.3 is 9.84 Å². The molecule has 0 aliphatic rings. The van der Waals surface area contributed by atoms with Gasteiger partial charge in [0, 0.05) is 17.7 Å². The minimum absolute atomic E-state index is 0.0272. The number of carbonyl (C=O) groups excluding carboxylic acids is 1. The first-order valence-electron chi connectivity index (χ1n) is 8.46. The molecular formula is C19H18F2N4O2. The average molecular weight is 372 g/mol. The van der Waals surface area contributed by atoms with Crippen molar-refractivity contribution in [2.24, 2.45) is 0 Å². The number of anilines is 1. The number of amides is 1. The second-order valence-corrected chi connectivity index (χ2v) is 6.15. The topological polar surface area (TPSA) is 80.9 Å². The highest BCUT2D eigenvalue weighted by Crippen LogP contribution is 2.29. The maximum Gasteiger partial charge on any atom is 0.256 e. The summed E-state index contributed by atoms with van der Waals surface area (Å²) in [6.07, 6.45) is 1.49. The van der Waals surface area contributed by atoms with Crippen LogP contribution >= 0.6 is 0 Å². The monoisotopic (exact) mass is 372 g/mol. The molecule has 0 unspecified atom stereocenters. The summed E-state index contributed by atoms with van der Waals surface area (Å²) in [5.41, 5.74) is 1.96. The second kappa shape index (κ2) is 7.61. The molecule has 0 aliphatic heterocycles. The van der Waals surface area contributed by atoms with Gasteiger partial charge >= 0.3 is 0 Å². The molecule has 140 valence electrons. The molecule has 2 aromatic heterocycles. The third-order valence-corrected chi connectivity index (χ3v) is 3.91. The molecule has 0 radical (unpaired) electrons. The van der Waals surface area contributed by atoms with Crippen molar-refractivity contribution >= 4 is 11.7 Å². The lowest BCUT2D eigenvalue weighted by atomic mass is 10.1. The summed E-state index contributed by atoms with van der Waals surface area (Å²) in [6, 6.07) is 4.76. The smallest absolute Gasteiger partial charge is 0.256 e. The van der Waals surface area contributed by atoms with Crippen LogP contribution in [-0.4, -0.2) is 21.0 Å². The van der Waals surface area contributed by atoms with E-state index in [9.17, 15) is 13.6 Å². The number of hydrogen-bond donors (Lipinski definition) is 1. The van der Waals surface area contributed by atoms with Crippen molar-refractivity contribution < 1.29 is 18.1 Å². The number of nitrogens with one attached hydrogen (secondary N) is 1. The Kier molecular flexibility index (Phi) is 5.25. The van der Waals surface area contributed by atoms with Crippen molar-refractivity contribution in [1.29, 1.82) is 0 Å². The van der Waals surface area contributed by atoms with E-state index in [1.165, 1.54) is 6.07 Å². The van der Waals surface area contributed by atoms with E-state index in [1.54, 1.807) is 6.92 Å². The minimum atomic E-state index is -1.10. The molecule has 0 aliphatic carbocycles. The Bertz CT molecular complexity index is 1000. The third-order valence-electron chi connectivity index (χ3n) is 3.91. The molecule has 6 nitrogen and oxygen atoms in total. The normalized spacial score (nSPS) is 10.9. The van der Waals surface area contributed by atoms with Crippen LogP contribution in [0.3, 0.4) is 0 Å². The highest BCUT2D eigenvalue weighted by Gasteiger charge is 2.20. The Labute approximate surface area is 154 Å². The van der Waals surface area contributed by atoms with Crippen molar-refractivity contribution in [2.75, 3.05) is 5.32 Å². The van der Waals surface area contributed by atoms with Crippen molar-refractivity contribution in [3.63, 3.8) is 0 Å². The SMILES string of the molecule is CCCc1nc(-c2c(C)cc(C)nc2NC(=O)c2ccc(F)c(F)c2)no1. The highest BCUT2D eigenvalue weighted by atomic mass is 19.2. The van der Waals surface area contributed by atoms with E-state index < -0.39 is 17.5 Å². The van der Waals surface area contributed by atoms with Gasteiger partial charge in [-0.15, -0.1) is 0 Å². The number of nitrogens with zero attached hydrogens (tertiary/aromatic N) is 3. The molecule has 0 saturated carbocycles. The standard InChI is InChI=1S/C19H18F2N4O2/c1-4-5-15-23-18(25-27-15)16-10(2)8-11(3)22-17(16)24-19(26)12-6-7-13(20)14(21)9-12/h6-9H,4-5H2,1-3H3,(H,22,24,26). The Morgan fingerprint density at radius 2 is 1.93 bits per heavy atom. The van der Waals surface area contributed by atoms with Gasteiger partial charge in [0.2, 0.25) is 11.7 Å². The Balaban J connectivity index is 1.98. The molecule has 0 spiro atoms. The lowest BCUT2D eigenvalue weighted by Gasteiger charge is -2.12. The van der Waals surface area contributed by atoms with Gasteiger partial charge in [0.05, 0.1) is 5.56 Å². The number of pyridine rings is 1. The van der Waals surface area contributed by atoms with Gasteiger partial charge in [0.15, 0.2) is 11.6 Å². The summed E-state index contributed by atoms with van der Waals surface area (Å²) in [5, 5.41) is 6.61. The van der Waals surface area contributed by atoms with Crippen LogP contribution < -0.4 is 5.32 Å². The molecule has 0 bridgehead atoms. The van der Waals surface area contributed by atoms with Crippen molar-refractivity contribution in [3.8, 4) is 11.4 Å². The first-order chi connectivity index (χ1) is 12.9. The van der Waals surface area contributed by atoms with Gasteiger partial charge in [-0.05, 0) is 50.1 Å². The molecule has 0 saturated heterocycles. The van der Waals surface area contributed by atoms with E-state index >= 15 is 0 Å². The summed E-state index contributed by atoms with van der Waals surface area (Å²) in [5.74, 6) is -1.71. The molecule has 0 atom stereocenters. The highest BCUT2D eigenvalue weighted by molar-refractivity contribution is 6.05. The van der Waals surface area contributed by atoms with Gasteiger partial charge in [-0.3, -0.25) is 4.79 Å². The second-order valence-electron chi connectivity index (χ2n) is 6.15. The molecule has 3 aromatic rings. The van der Waals surface area contributed by atoms with Crippen molar-refractivity contribution in [2.45, 2.75) is 33.6 Å². The fourth-order valence-electron chi connectivity index (χ4n) is 2.70. The van der Waals surface area contributed by atoms with E-state index in [0.29, 0.717) is 29.4 Å². The number of hydrogen-bond acceptors (Lipinski definition) is 5. The van der Waals surface area contributed by atoms with Crippen LogP contribution in [0.2, 0.25) is 0 Å². The van der Waals surface area contributed by atoms with E-state index in [-0.39, 0.29) is 11.4 Å². The van der Waals surface area contributed by atoms with Crippen LogP contribution in [0.4, 0.5) is 14.6 Å². The Morgan fingerprint density at radius 1 is 1.15 bits per heavy atom. The number of halogens is 2. The van der Waals surface area contributed by atoms with Crippen LogP contribution in [-0.2, 0) is 6.42 Å². The number of benzene rings is 1. The number of rotatable bonds is 5. The first-order valence-corrected chi connectivity index (χ1v) is 8.46.